The fourth-order valence-electron chi connectivity index (χ4n) is 8.49. The maximum absolute atomic E-state index is 12.9. The van der Waals surface area contributed by atoms with Crippen molar-refractivity contribution in [2.45, 2.75) is 57.3 Å². The third kappa shape index (κ3) is 7.53. The van der Waals surface area contributed by atoms with Gasteiger partial charge in [0.1, 0.15) is 5.75 Å². The van der Waals surface area contributed by atoms with Crippen molar-refractivity contribution in [3.05, 3.63) is 129 Å². The van der Waals surface area contributed by atoms with Gasteiger partial charge < -0.3 is 34.9 Å². The Labute approximate surface area is 317 Å². The summed E-state index contributed by atoms with van der Waals surface area (Å²) >= 11 is 0. The van der Waals surface area contributed by atoms with Gasteiger partial charge in [-0.2, -0.15) is 0 Å². The molecule has 0 saturated carbocycles. The zero-order chi connectivity index (χ0) is 38.1. The molecule has 4 aromatic carbocycles. The fraction of sp³-hybridized carbons (Fsp3) is 0.326. The van der Waals surface area contributed by atoms with Crippen LogP contribution in [0.5, 0.6) is 5.75 Å². The highest BCUT2D eigenvalue weighted by Crippen LogP contribution is 2.39. The standard InChI is InChI=1S/C43H45N5O7/c49-37-15-11-31(32-12-16-40(51)45-41(32)37)38(50)25-44-24-28-10-14-35-39(23-28)55-43(54)47(35)19-5-4-6-27-9-13-34(33(22-27)29-7-2-1-3-8-29)48(42(52)53)36-26-46-20-17-30(36)18-21-46/h1-3,7-16,22-23,30,36,38,44,49-50H,4-6,17-21,24-26H2,(H,45,51)(H,52,53)/t36?,38-/m0/s1. The summed E-state index contributed by atoms with van der Waals surface area (Å²) in [6, 6.07) is 27.7. The summed E-state index contributed by atoms with van der Waals surface area (Å²) in [4.78, 5) is 44.1. The Morgan fingerprint density at radius 3 is 2.51 bits per heavy atom. The van der Waals surface area contributed by atoms with E-state index in [1.54, 1.807) is 21.6 Å². The number of aryl methyl sites for hydroxylation is 2. The number of hydrogen-bond acceptors (Lipinski definition) is 8. The van der Waals surface area contributed by atoms with E-state index in [-0.39, 0.29) is 29.4 Å². The van der Waals surface area contributed by atoms with E-state index in [2.05, 4.69) is 21.3 Å². The number of aromatic nitrogens is 2. The molecular weight excluding hydrogens is 699 g/mol. The van der Waals surface area contributed by atoms with E-state index in [0.29, 0.717) is 35.5 Å². The van der Waals surface area contributed by atoms with Crippen molar-refractivity contribution in [1.29, 1.82) is 0 Å². The number of unbranched alkanes of at least 4 members (excludes halogenated alkanes) is 1. The molecule has 12 heteroatoms. The number of nitrogens with zero attached hydrogens (tertiary/aromatic N) is 3. The number of piperidine rings is 3. The number of aromatic amines is 1. The number of aliphatic hydroxyl groups excluding tert-OH is 1. The second-order valence-corrected chi connectivity index (χ2v) is 14.8. The van der Waals surface area contributed by atoms with E-state index in [1.807, 2.05) is 60.7 Å². The number of oxazole rings is 1. The van der Waals surface area contributed by atoms with Crippen molar-refractivity contribution in [2.24, 2.45) is 5.92 Å². The number of aliphatic hydroxyl groups is 1. The van der Waals surface area contributed by atoms with E-state index >= 15 is 0 Å². The van der Waals surface area contributed by atoms with Crippen LogP contribution >= 0.6 is 0 Å². The summed E-state index contributed by atoms with van der Waals surface area (Å²) in [6.07, 6.45) is 2.59. The van der Waals surface area contributed by atoms with Crippen LogP contribution in [-0.4, -0.2) is 68.1 Å². The Hall–Kier alpha value is -5.69. The van der Waals surface area contributed by atoms with Crippen molar-refractivity contribution < 1.29 is 24.5 Å². The van der Waals surface area contributed by atoms with Gasteiger partial charge >= 0.3 is 11.8 Å². The van der Waals surface area contributed by atoms with Gasteiger partial charge in [0.05, 0.1) is 28.9 Å². The maximum atomic E-state index is 12.9. The Bertz CT molecular complexity index is 2450. The molecule has 3 fully saturated rings. The molecule has 0 aliphatic carbocycles. The molecule has 2 aromatic heterocycles. The second-order valence-electron chi connectivity index (χ2n) is 14.8. The van der Waals surface area contributed by atoms with Crippen LogP contribution in [0.25, 0.3) is 33.1 Å². The van der Waals surface area contributed by atoms with Crippen LogP contribution in [0.15, 0.2) is 105 Å². The van der Waals surface area contributed by atoms with Gasteiger partial charge in [0.2, 0.25) is 5.56 Å². The lowest BCUT2D eigenvalue weighted by Gasteiger charge is -2.48. The Morgan fingerprint density at radius 2 is 1.75 bits per heavy atom. The second kappa shape index (κ2) is 15.6. The van der Waals surface area contributed by atoms with Gasteiger partial charge in [0.15, 0.2) is 5.58 Å². The smallest absolute Gasteiger partial charge is 0.419 e. The van der Waals surface area contributed by atoms with Gasteiger partial charge in [0, 0.05) is 43.2 Å². The molecule has 5 heterocycles. The van der Waals surface area contributed by atoms with E-state index in [4.69, 9.17) is 4.42 Å². The van der Waals surface area contributed by atoms with Crippen molar-refractivity contribution >= 4 is 33.8 Å². The summed E-state index contributed by atoms with van der Waals surface area (Å²) in [5, 5.41) is 35.4. The number of rotatable bonds is 13. The quantitative estimate of drug-likeness (QED) is 0.0863. The van der Waals surface area contributed by atoms with Crippen molar-refractivity contribution in [1.82, 2.24) is 19.8 Å². The van der Waals surface area contributed by atoms with Crippen molar-refractivity contribution in [3.63, 3.8) is 0 Å². The summed E-state index contributed by atoms with van der Waals surface area (Å²) in [7, 11) is 0. The molecule has 6 aromatic rings. The van der Waals surface area contributed by atoms with Gasteiger partial charge in [-0.3, -0.25) is 14.3 Å². The zero-order valence-electron chi connectivity index (χ0n) is 30.5. The van der Waals surface area contributed by atoms with E-state index in [1.165, 1.54) is 12.1 Å². The number of nitrogens with one attached hydrogen (secondary N) is 2. The van der Waals surface area contributed by atoms with Crippen molar-refractivity contribution in [2.75, 3.05) is 31.1 Å². The van der Waals surface area contributed by atoms with E-state index in [9.17, 15) is 29.7 Å². The van der Waals surface area contributed by atoms with Gasteiger partial charge in [-0.15, -0.1) is 0 Å². The van der Waals surface area contributed by atoms with Crippen LogP contribution in [0.3, 0.4) is 0 Å². The minimum atomic E-state index is -0.913. The number of phenolic OH excluding ortho intramolecular Hbond substituents is 1. The highest BCUT2D eigenvalue weighted by Gasteiger charge is 2.40. The molecule has 2 atom stereocenters. The summed E-state index contributed by atoms with van der Waals surface area (Å²) < 4.78 is 7.29. The number of carbonyl (C=O) groups is 1. The minimum Gasteiger partial charge on any atom is -0.506 e. The summed E-state index contributed by atoms with van der Waals surface area (Å²) in [5.74, 6) is -0.111. The highest BCUT2D eigenvalue weighted by atomic mass is 16.4. The van der Waals surface area contributed by atoms with Crippen LogP contribution in [0.2, 0.25) is 0 Å². The number of aromatic hydroxyl groups is 1. The monoisotopic (exact) mass is 743 g/mol. The number of fused-ring (bicyclic) bond motifs is 5. The number of benzene rings is 4. The number of anilines is 1. The van der Waals surface area contributed by atoms with Crippen LogP contribution in [0.4, 0.5) is 10.5 Å². The van der Waals surface area contributed by atoms with Crippen LogP contribution in [-0.2, 0) is 19.5 Å². The predicted molar refractivity (Wildman–Crippen MR) is 212 cm³/mol. The SMILES string of the molecule is O=C(O)N(c1ccc(CCCCn2c(=O)oc3cc(CNC[C@H](O)c4ccc(O)c5[nH]c(=O)ccc45)ccc32)cc1-c1ccccc1)C1CN2CCC1CC2. The van der Waals surface area contributed by atoms with Gasteiger partial charge in [0.25, 0.3) is 0 Å². The molecule has 1 unspecified atom stereocenters. The number of pyridine rings is 1. The number of H-pyrrole nitrogens is 1. The van der Waals surface area contributed by atoms with Gasteiger partial charge in [-0.05, 0) is 110 Å². The first-order chi connectivity index (χ1) is 26.7. The normalized spacial score (nSPS) is 18.5. The molecule has 3 aliphatic heterocycles. The molecule has 284 valence electrons. The van der Waals surface area contributed by atoms with Crippen LogP contribution in [0, 0.1) is 5.92 Å². The lowest BCUT2D eigenvalue weighted by molar-refractivity contribution is 0.0838. The van der Waals surface area contributed by atoms with Gasteiger partial charge in [-0.1, -0.05) is 48.5 Å². The number of hydrogen-bond donors (Lipinski definition) is 5. The Morgan fingerprint density at radius 1 is 0.945 bits per heavy atom. The Balaban J connectivity index is 0.906. The van der Waals surface area contributed by atoms with Crippen LogP contribution < -0.4 is 21.5 Å². The molecule has 55 heavy (non-hydrogen) atoms. The molecule has 0 radical (unpaired) electrons. The molecule has 3 saturated heterocycles. The molecule has 2 bridgehead atoms. The topological polar surface area (TPSA) is 164 Å². The van der Waals surface area contributed by atoms with Crippen LogP contribution in [0.1, 0.15) is 48.5 Å². The fourth-order valence-corrected chi connectivity index (χ4v) is 8.49. The van der Waals surface area contributed by atoms with E-state index < -0.39 is 18.0 Å². The average Bonchev–Trinajstić information content (AvgIpc) is 3.51. The summed E-state index contributed by atoms with van der Waals surface area (Å²) in [6.45, 7) is 3.98. The van der Waals surface area contributed by atoms with Crippen molar-refractivity contribution in [3.8, 4) is 16.9 Å². The number of carboxylic acid groups (broad SMARTS) is 1. The largest absolute Gasteiger partial charge is 0.506 e. The zero-order valence-corrected chi connectivity index (χ0v) is 30.5. The molecular formula is C43H45N5O7. The van der Waals surface area contributed by atoms with E-state index in [0.717, 1.165) is 85.2 Å². The lowest BCUT2D eigenvalue weighted by atomic mass is 9.82. The average molecular weight is 744 g/mol. The van der Waals surface area contributed by atoms with Gasteiger partial charge in [-0.25, -0.2) is 9.59 Å². The maximum Gasteiger partial charge on any atom is 0.419 e. The molecule has 0 spiro atoms. The number of amides is 1. The highest BCUT2D eigenvalue weighted by molar-refractivity contribution is 5.94. The lowest BCUT2D eigenvalue weighted by Crippen LogP contribution is -2.58. The minimum absolute atomic E-state index is 0.0638. The first kappa shape index (κ1) is 36.3. The molecule has 1 amide bonds. The first-order valence-corrected chi connectivity index (χ1v) is 19.0. The Kier molecular flexibility index (Phi) is 10.3. The number of phenols is 1. The molecule has 12 nitrogen and oxygen atoms in total. The first-order valence-electron chi connectivity index (χ1n) is 19.0. The molecule has 9 rings (SSSR count). The third-order valence-corrected chi connectivity index (χ3v) is 11.3. The molecule has 5 N–H and O–H groups in total. The molecule has 3 aliphatic rings. The third-order valence-electron chi connectivity index (χ3n) is 11.3. The predicted octanol–water partition coefficient (Wildman–Crippen LogP) is 6.23. The summed E-state index contributed by atoms with van der Waals surface area (Å²) in [5.41, 5.74) is 6.36.